The Morgan fingerprint density at radius 1 is 1.02 bits per heavy atom. The van der Waals surface area contributed by atoms with E-state index in [1.807, 2.05) is 42.6 Å². The first kappa shape index (κ1) is 31.9. The van der Waals surface area contributed by atoms with Crippen molar-refractivity contribution in [3.63, 3.8) is 0 Å². The van der Waals surface area contributed by atoms with Gasteiger partial charge >= 0.3 is 5.97 Å². The van der Waals surface area contributed by atoms with Crippen LogP contribution in [0.3, 0.4) is 0 Å². The van der Waals surface area contributed by atoms with Gasteiger partial charge in [0.25, 0.3) is 5.91 Å². The standard InChI is InChI=1S/C32H37N7O5S/c1-21-17-25(23-9-4-3-5-10-23)18-22(2)28(21)45(43,44)39-32(30(41)42,13-6-7-14-33-31-34-15-8-16-35-31)37-29(40)24-11-12-27-26(19-24)20-36-38-27/h3-5,8-12,15,17-20,31,33-35,39H,6-7,13-14,16H2,1-2H3,(H,36,38)(H,37,40)(H,41,42). The van der Waals surface area contributed by atoms with Gasteiger partial charge in [0, 0.05) is 17.5 Å². The number of aryl methyl sites for hydroxylation is 2. The maximum atomic E-state index is 14.0. The van der Waals surface area contributed by atoms with Crippen molar-refractivity contribution in [1.29, 1.82) is 0 Å². The molecule has 1 aliphatic heterocycles. The van der Waals surface area contributed by atoms with Gasteiger partial charge in [-0.15, -0.1) is 0 Å². The molecule has 0 saturated heterocycles. The molecule has 2 unspecified atom stereocenters. The van der Waals surface area contributed by atoms with Gasteiger partial charge in [-0.2, -0.15) is 9.82 Å². The zero-order valence-corrected chi connectivity index (χ0v) is 25.9. The third-order valence-electron chi connectivity index (χ3n) is 7.69. The Kier molecular flexibility index (Phi) is 9.63. The molecule has 4 aromatic rings. The van der Waals surface area contributed by atoms with Crippen molar-refractivity contribution in [3.05, 3.63) is 95.8 Å². The number of carboxylic acids is 1. The number of carbonyl (C=O) groups is 2. The SMILES string of the molecule is Cc1cc(-c2ccccc2)cc(C)c1S(=O)(=O)NC(CCCCNC1NC=CCN1)(NC(=O)c1ccc2[nH]ncc2c1)C(=O)O. The number of benzene rings is 3. The molecule has 0 fully saturated rings. The number of nitrogens with zero attached hydrogens (tertiary/aromatic N) is 1. The molecule has 7 N–H and O–H groups in total. The number of fused-ring (bicyclic) bond motifs is 1. The number of sulfonamides is 1. The van der Waals surface area contributed by atoms with E-state index in [4.69, 9.17) is 0 Å². The van der Waals surface area contributed by atoms with E-state index < -0.39 is 27.6 Å². The van der Waals surface area contributed by atoms with E-state index in [1.54, 1.807) is 44.3 Å². The highest BCUT2D eigenvalue weighted by molar-refractivity contribution is 7.89. The molecule has 2 heterocycles. The second-order valence-corrected chi connectivity index (χ2v) is 12.7. The van der Waals surface area contributed by atoms with E-state index in [-0.39, 0.29) is 29.6 Å². The summed E-state index contributed by atoms with van der Waals surface area (Å²) >= 11 is 0. The summed E-state index contributed by atoms with van der Waals surface area (Å²) in [5.74, 6) is -2.26. The molecular formula is C32H37N7O5S. The highest BCUT2D eigenvalue weighted by Gasteiger charge is 2.44. The van der Waals surface area contributed by atoms with Gasteiger partial charge in [-0.25, -0.2) is 13.2 Å². The lowest BCUT2D eigenvalue weighted by molar-refractivity contribution is -0.145. The van der Waals surface area contributed by atoms with E-state index in [2.05, 4.69) is 36.2 Å². The van der Waals surface area contributed by atoms with Crippen LogP contribution in [-0.2, 0) is 14.8 Å². The molecule has 13 heteroatoms. The van der Waals surface area contributed by atoms with E-state index in [0.29, 0.717) is 41.5 Å². The smallest absolute Gasteiger partial charge is 0.345 e. The predicted molar refractivity (Wildman–Crippen MR) is 172 cm³/mol. The summed E-state index contributed by atoms with van der Waals surface area (Å²) in [6.07, 6.45) is 5.79. The predicted octanol–water partition coefficient (Wildman–Crippen LogP) is 3.09. The molecule has 0 bridgehead atoms. The molecule has 0 saturated carbocycles. The highest BCUT2D eigenvalue weighted by atomic mass is 32.2. The van der Waals surface area contributed by atoms with Crippen LogP contribution in [0.4, 0.5) is 0 Å². The van der Waals surface area contributed by atoms with E-state index in [0.717, 1.165) is 11.1 Å². The molecule has 1 aliphatic rings. The Hall–Kier alpha value is -4.56. The molecule has 12 nitrogen and oxygen atoms in total. The maximum Gasteiger partial charge on any atom is 0.345 e. The number of hydrogen-bond acceptors (Lipinski definition) is 8. The summed E-state index contributed by atoms with van der Waals surface area (Å²) in [5, 5.41) is 30.1. The molecule has 5 rings (SSSR count). The zero-order valence-electron chi connectivity index (χ0n) is 25.1. The molecule has 236 valence electrons. The number of aromatic amines is 1. The Balaban J connectivity index is 1.42. The lowest BCUT2D eigenvalue weighted by atomic mass is 10.0. The molecule has 0 spiro atoms. The first-order chi connectivity index (χ1) is 21.6. The van der Waals surface area contributed by atoms with Gasteiger partial charge in [0.05, 0.1) is 16.6 Å². The number of H-pyrrole nitrogens is 1. The van der Waals surface area contributed by atoms with Gasteiger partial charge in [-0.3, -0.25) is 20.5 Å². The largest absolute Gasteiger partial charge is 0.478 e. The van der Waals surface area contributed by atoms with Crippen molar-refractivity contribution in [2.75, 3.05) is 13.1 Å². The fourth-order valence-electron chi connectivity index (χ4n) is 5.51. The second-order valence-electron chi connectivity index (χ2n) is 11.1. The lowest BCUT2D eigenvalue weighted by Crippen LogP contribution is -2.65. The number of aromatic nitrogens is 2. The van der Waals surface area contributed by atoms with E-state index in [9.17, 15) is 23.1 Å². The summed E-state index contributed by atoms with van der Waals surface area (Å²) in [6, 6.07) is 17.8. The quantitative estimate of drug-likeness (QED) is 0.0863. The van der Waals surface area contributed by atoms with E-state index >= 15 is 0 Å². The zero-order chi connectivity index (χ0) is 32.0. The average Bonchev–Trinajstić information content (AvgIpc) is 3.49. The Morgan fingerprint density at radius 3 is 2.47 bits per heavy atom. The molecule has 1 aromatic heterocycles. The topological polar surface area (TPSA) is 177 Å². The van der Waals surface area contributed by atoms with Crippen LogP contribution in [0.25, 0.3) is 22.0 Å². The minimum Gasteiger partial charge on any atom is -0.478 e. The van der Waals surface area contributed by atoms with Crippen molar-refractivity contribution >= 4 is 32.8 Å². The fourth-order valence-corrected chi connectivity index (χ4v) is 7.27. The monoisotopic (exact) mass is 631 g/mol. The number of carboxylic acid groups (broad SMARTS) is 1. The first-order valence-corrected chi connectivity index (χ1v) is 16.1. The summed E-state index contributed by atoms with van der Waals surface area (Å²) in [5.41, 5.74) is 1.19. The minimum absolute atomic E-state index is 0.0361. The van der Waals surface area contributed by atoms with Crippen LogP contribution in [0.5, 0.6) is 0 Å². The van der Waals surface area contributed by atoms with Gasteiger partial charge in [0.2, 0.25) is 15.7 Å². The van der Waals surface area contributed by atoms with Gasteiger partial charge < -0.3 is 15.7 Å². The normalized spacial score (nSPS) is 16.2. The molecule has 2 atom stereocenters. The van der Waals surface area contributed by atoms with Crippen LogP contribution in [0, 0.1) is 13.8 Å². The maximum absolute atomic E-state index is 14.0. The average molecular weight is 632 g/mol. The Morgan fingerprint density at radius 2 is 1.78 bits per heavy atom. The number of nitrogens with one attached hydrogen (secondary N) is 6. The minimum atomic E-state index is -4.44. The van der Waals surface area contributed by atoms with Gasteiger partial charge in [-0.05, 0) is 86.3 Å². The van der Waals surface area contributed by atoms with Crippen LogP contribution in [-0.4, -0.2) is 60.6 Å². The van der Waals surface area contributed by atoms with Crippen LogP contribution < -0.4 is 26.0 Å². The Labute approximate surface area is 261 Å². The molecule has 0 radical (unpaired) electrons. The Bertz CT molecular complexity index is 1800. The third kappa shape index (κ3) is 7.40. The molecule has 1 amide bonds. The van der Waals surface area contributed by atoms with Crippen LogP contribution in [0.2, 0.25) is 0 Å². The van der Waals surface area contributed by atoms with Crippen molar-refractivity contribution in [3.8, 4) is 11.1 Å². The molecule has 0 aliphatic carbocycles. The van der Waals surface area contributed by atoms with E-state index in [1.165, 1.54) is 6.07 Å². The summed E-state index contributed by atoms with van der Waals surface area (Å²) < 4.78 is 30.4. The first-order valence-electron chi connectivity index (χ1n) is 14.7. The highest BCUT2D eigenvalue weighted by Crippen LogP contribution is 2.29. The molecule has 3 aromatic carbocycles. The number of amides is 1. The van der Waals surface area contributed by atoms with Crippen molar-refractivity contribution < 1.29 is 23.1 Å². The van der Waals surface area contributed by atoms with Gasteiger partial charge in [0.1, 0.15) is 6.29 Å². The summed E-state index contributed by atoms with van der Waals surface area (Å²) in [7, 11) is -4.44. The van der Waals surface area contributed by atoms with Crippen LogP contribution >= 0.6 is 0 Å². The van der Waals surface area contributed by atoms with Crippen LogP contribution in [0.1, 0.15) is 40.7 Å². The van der Waals surface area contributed by atoms with Gasteiger partial charge in [-0.1, -0.05) is 48.5 Å². The number of carbonyl (C=O) groups excluding carboxylic acids is 1. The van der Waals surface area contributed by atoms with Crippen molar-refractivity contribution in [2.45, 2.75) is 50.0 Å². The molecular weight excluding hydrogens is 594 g/mol. The lowest BCUT2D eigenvalue weighted by Gasteiger charge is -2.32. The number of aliphatic carboxylic acids is 1. The number of rotatable bonds is 13. The number of hydrogen-bond donors (Lipinski definition) is 7. The van der Waals surface area contributed by atoms with Crippen LogP contribution in [0.15, 0.2) is 84.0 Å². The second kappa shape index (κ2) is 13.6. The summed E-state index contributed by atoms with van der Waals surface area (Å²) in [4.78, 5) is 26.5. The summed E-state index contributed by atoms with van der Waals surface area (Å²) in [6.45, 7) is 4.56. The van der Waals surface area contributed by atoms with Crippen molar-refractivity contribution in [2.24, 2.45) is 0 Å². The molecule has 45 heavy (non-hydrogen) atoms. The van der Waals surface area contributed by atoms with Gasteiger partial charge in [0.15, 0.2) is 0 Å². The third-order valence-corrected chi connectivity index (χ3v) is 9.49. The fraction of sp³-hybridized carbons (Fsp3) is 0.281. The number of unbranched alkanes of at least 4 members (excludes halogenated alkanes) is 1. The van der Waals surface area contributed by atoms with Crippen molar-refractivity contribution in [1.82, 2.24) is 36.2 Å².